The zero-order valence-corrected chi connectivity index (χ0v) is 12.9. The number of aliphatic hydroxyl groups is 1. The van der Waals surface area contributed by atoms with Gasteiger partial charge in [0, 0.05) is 25.1 Å². The molecule has 1 aliphatic rings. The van der Waals surface area contributed by atoms with Crippen LogP contribution in [0.1, 0.15) is 37.8 Å². The highest BCUT2D eigenvalue weighted by atomic mass is 19.2. The van der Waals surface area contributed by atoms with Crippen molar-refractivity contribution in [1.82, 2.24) is 10.2 Å². The third-order valence-electron chi connectivity index (χ3n) is 4.26. The highest BCUT2D eigenvalue weighted by Gasteiger charge is 2.28. The van der Waals surface area contributed by atoms with Crippen LogP contribution in [0.5, 0.6) is 0 Å². The Morgan fingerprint density at radius 2 is 2.18 bits per heavy atom. The van der Waals surface area contributed by atoms with Crippen LogP contribution in [0.3, 0.4) is 0 Å². The van der Waals surface area contributed by atoms with Gasteiger partial charge in [-0.3, -0.25) is 0 Å². The number of halogens is 2. The van der Waals surface area contributed by atoms with Crippen molar-refractivity contribution in [3.63, 3.8) is 0 Å². The van der Waals surface area contributed by atoms with Crippen molar-refractivity contribution in [1.29, 1.82) is 0 Å². The number of nitrogens with one attached hydrogen (secondary N) is 1. The molecule has 3 atom stereocenters. The molecule has 6 heteroatoms. The van der Waals surface area contributed by atoms with Crippen LogP contribution in [0.2, 0.25) is 0 Å². The molecular formula is C16H22F2N2O2. The summed E-state index contributed by atoms with van der Waals surface area (Å²) in [6, 6.07) is 2.90. The molecule has 122 valence electrons. The normalized spacial score (nSPS) is 22.4. The average Bonchev–Trinajstić information content (AvgIpc) is 2.87. The largest absolute Gasteiger partial charge is 0.393 e. The lowest BCUT2D eigenvalue weighted by atomic mass is 10.1. The Labute approximate surface area is 129 Å². The van der Waals surface area contributed by atoms with E-state index >= 15 is 0 Å². The summed E-state index contributed by atoms with van der Waals surface area (Å²) in [6.45, 7) is 2.05. The Morgan fingerprint density at radius 1 is 1.45 bits per heavy atom. The number of benzene rings is 1. The molecule has 2 rings (SSSR count). The smallest absolute Gasteiger partial charge is 0.317 e. The van der Waals surface area contributed by atoms with Crippen LogP contribution in [0.25, 0.3) is 0 Å². The van der Waals surface area contributed by atoms with Gasteiger partial charge >= 0.3 is 6.03 Å². The zero-order valence-electron chi connectivity index (χ0n) is 12.9. The van der Waals surface area contributed by atoms with E-state index in [2.05, 4.69) is 5.32 Å². The van der Waals surface area contributed by atoms with E-state index in [1.54, 1.807) is 14.0 Å². The highest BCUT2D eigenvalue weighted by molar-refractivity contribution is 5.74. The second-order valence-corrected chi connectivity index (χ2v) is 5.95. The molecule has 3 unspecified atom stereocenters. The first-order chi connectivity index (χ1) is 10.4. The van der Waals surface area contributed by atoms with Gasteiger partial charge in [-0.15, -0.1) is 0 Å². The van der Waals surface area contributed by atoms with Crippen LogP contribution in [-0.2, 0) is 0 Å². The highest BCUT2D eigenvalue weighted by Crippen LogP contribution is 2.26. The van der Waals surface area contributed by atoms with Gasteiger partial charge in [0.05, 0.1) is 12.1 Å². The number of urea groups is 1. The van der Waals surface area contributed by atoms with Crippen LogP contribution in [-0.4, -0.2) is 35.7 Å². The van der Waals surface area contributed by atoms with Crippen molar-refractivity contribution in [2.24, 2.45) is 5.92 Å². The maximum Gasteiger partial charge on any atom is 0.317 e. The van der Waals surface area contributed by atoms with E-state index in [-0.39, 0.29) is 23.6 Å². The minimum Gasteiger partial charge on any atom is -0.393 e. The Bertz CT molecular complexity index is 539. The van der Waals surface area contributed by atoms with Gasteiger partial charge in [-0.05, 0) is 25.8 Å². The SMILES string of the molecule is CC(NC(=O)N(C)CC1CCCC1O)c1cccc(F)c1F. The van der Waals surface area contributed by atoms with Gasteiger partial charge in [0.15, 0.2) is 11.6 Å². The fraction of sp³-hybridized carbons (Fsp3) is 0.562. The second-order valence-electron chi connectivity index (χ2n) is 5.95. The summed E-state index contributed by atoms with van der Waals surface area (Å²) in [6.07, 6.45) is 2.26. The van der Waals surface area contributed by atoms with Gasteiger partial charge in [-0.2, -0.15) is 0 Å². The molecule has 1 aromatic carbocycles. The minimum absolute atomic E-state index is 0.0805. The number of rotatable bonds is 4. The van der Waals surface area contributed by atoms with Crippen molar-refractivity contribution >= 4 is 6.03 Å². The molecule has 1 saturated carbocycles. The monoisotopic (exact) mass is 312 g/mol. The summed E-state index contributed by atoms with van der Waals surface area (Å²) in [4.78, 5) is 13.6. The van der Waals surface area contributed by atoms with E-state index in [4.69, 9.17) is 0 Å². The predicted molar refractivity (Wildman–Crippen MR) is 79.3 cm³/mol. The Balaban J connectivity index is 1.94. The number of carbonyl (C=O) groups excluding carboxylic acids is 1. The van der Waals surface area contributed by atoms with Crippen LogP contribution in [0, 0.1) is 17.6 Å². The maximum atomic E-state index is 13.7. The van der Waals surface area contributed by atoms with Gasteiger partial charge in [0.1, 0.15) is 0 Å². The van der Waals surface area contributed by atoms with Crippen LogP contribution in [0.15, 0.2) is 18.2 Å². The molecule has 4 nitrogen and oxygen atoms in total. The third-order valence-corrected chi connectivity index (χ3v) is 4.26. The summed E-state index contributed by atoms with van der Waals surface area (Å²) in [7, 11) is 1.63. The van der Waals surface area contributed by atoms with Crippen molar-refractivity contribution < 1.29 is 18.7 Å². The Kier molecular flexibility index (Phi) is 5.34. The molecule has 1 aromatic rings. The van der Waals surface area contributed by atoms with E-state index in [1.165, 1.54) is 17.0 Å². The number of aliphatic hydroxyl groups excluding tert-OH is 1. The van der Waals surface area contributed by atoms with Gasteiger partial charge in [-0.1, -0.05) is 18.6 Å². The van der Waals surface area contributed by atoms with Gasteiger partial charge in [0.2, 0.25) is 0 Å². The van der Waals surface area contributed by atoms with Gasteiger partial charge in [0.25, 0.3) is 0 Å². The minimum atomic E-state index is -0.941. The molecule has 22 heavy (non-hydrogen) atoms. The first-order valence-electron chi connectivity index (χ1n) is 7.53. The zero-order chi connectivity index (χ0) is 16.3. The van der Waals surface area contributed by atoms with E-state index < -0.39 is 17.7 Å². The molecule has 0 aromatic heterocycles. The van der Waals surface area contributed by atoms with E-state index in [0.717, 1.165) is 25.3 Å². The van der Waals surface area contributed by atoms with Crippen molar-refractivity contribution in [2.75, 3.05) is 13.6 Å². The lowest BCUT2D eigenvalue weighted by molar-refractivity contribution is 0.113. The van der Waals surface area contributed by atoms with Crippen molar-refractivity contribution in [2.45, 2.75) is 38.3 Å². The molecule has 0 aliphatic heterocycles. The molecule has 0 heterocycles. The fourth-order valence-corrected chi connectivity index (χ4v) is 2.89. The first-order valence-corrected chi connectivity index (χ1v) is 7.53. The van der Waals surface area contributed by atoms with Crippen molar-refractivity contribution in [3.8, 4) is 0 Å². The molecule has 1 fully saturated rings. The Hall–Kier alpha value is -1.69. The first kappa shape index (κ1) is 16.7. The van der Waals surface area contributed by atoms with Crippen molar-refractivity contribution in [3.05, 3.63) is 35.4 Å². The van der Waals surface area contributed by atoms with E-state index in [9.17, 15) is 18.7 Å². The number of nitrogens with zero attached hydrogens (tertiary/aromatic N) is 1. The number of hydrogen-bond acceptors (Lipinski definition) is 2. The third kappa shape index (κ3) is 3.74. The summed E-state index contributed by atoms with van der Waals surface area (Å²) < 4.78 is 26.9. The molecule has 0 saturated heterocycles. The van der Waals surface area contributed by atoms with E-state index in [0.29, 0.717) is 6.54 Å². The van der Waals surface area contributed by atoms with Gasteiger partial charge < -0.3 is 15.3 Å². The van der Waals surface area contributed by atoms with E-state index in [1.807, 2.05) is 0 Å². The Morgan fingerprint density at radius 3 is 2.82 bits per heavy atom. The number of amides is 2. The fourth-order valence-electron chi connectivity index (χ4n) is 2.89. The number of carbonyl (C=O) groups is 1. The lowest BCUT2D eigenvalue weighted by Gasteiger charge is -2.25. The molecule has 2 amide bonds. The predicted octanol–water partition coefficient (Wildman–Crippen LogP) is 2.83. The molecule has 2 N–H and O–H groups in total. The van der Waals surface area contributed by atoms with Crippen LogP contribution < -0.4 is 5.32 Å². The molecule has 0 spiro atoms. The maximum absolute atomic E-state index is 13.7. The summed E-state index contributed by atoms with van der Waals surface area (Å²) >= 11 is 0. The molecular weight excluding hydrogens is 290 g/mol. The molecule has 0 radical (unpaired) electrons. The number of hydrogen-bond donors (Lipinski definition) is 2. The average molecular weight is 312 g/mol. The summed E-state index contributed by atoms with van der Waals surface area (Å²) in [5.41, 5.74) is 0.114. The topological polar surface area (TPSA) is 52.6 Å². The van der Waals surface area contributed by atoms with Crippen LogP contribution in [0.4, 0.5) is 13.6 Å². The quantitative estimate of drug-likeness (QED) is 0.898. The summed E-state index contributed by atoms with van der Waals surface area (Å²) in [5.74, 6) is -1.79. The molecule has 1 aliphatic carbocycles. The summed E-state index contributed by atoms with van der Waals surface area (Å²) in [5, 5.41) is 12.4. The molecule has 0 bridgehead atoms. The second kappa shape index (κ2) is 7.05. The standard InChI is InChI=1S/C16H22F2N2O2/c1-10(12-6-4-7-13(17)15(12)18)19-16(22)20(2)9-11-5-3-8-14(11)21/h4,6-7,10-11,14,21H,3,5,8-9H2,1-2H3,(H,19,22). The lowest BCUT2D eigenvalue weighted by Crippen LogP contribution is -2.42. The van der Waals surface area contributed by atoms with Crippen LogP contribution >= 0.6 is 0 Å². The van der Waals surface area contributed by atoms with Gasteiger partial charge in [-0.25, -0.2) is 13.6 Å².